The molecule has 1 aromatic heterocycles. The van der Waals surface area contributed by atoms with Crippen LogP contribution >= 0.6 is 11.3 Å². The van der Waals surface area contributed by atoms with Crippen molar-refractivity contribution in [3.8, 4) is 0 Å². The van der Waals surface area contributed by atoms with E-state index in [2.05, 4.69) is 4.98 Å². The number of nitrogens with zero attached hydrogens (tertiary/aromatic N) is 1. The molecule has 4 aromatic carbocycles. The second-order valence-corrected chi connectivity index (χ2v) is 12.7. The average Bonchev–Trinajstić information content (AvgIpc) is 3.70. The minimum atomic E-state index is -0.519. The molecule has 2 heterocycles. The maximum atomic E-state index is 12.8. The first-order chi connectivity index (χ1) is 24.2. The third kappa shape index (κ3) is 10.4. The molecule has 0 aliphatic carbocycles. The molecule has 1 aliphatic rings. The quantitative estimate of drug-likeness (QED) is 0.0730. The number of allylic oxidation sites excluding steroid dienone is 1. The van der Waals surface area contributed by atoms with Gasteiger partial charge >= 0.3 is 0 Å². The summed E-state index contributed by atoms with van der Waals surface area (Å²) in [5.41, 5.74) is 4.19. The normalized spacial score (nSPS) is 20.8. The van der Waals surface area contributed by atoms with Crippen LogP contribution in [-0.4, -0.2) is 47.9 Å². The molecular weight excluding hydrogens is 635 g/mol. The Morgan fingerprint density at radius 1 is 0.633 bits per heavy atom. The van der Waals surface area contributed by atoms with Gasteiger partial charge in [0.1, 0.15) is 24.4 Å². The minimum absolute atomic E-state index is 0.142. The van der Waals surface area contributed by atoms with Crippen molar-refractivity contribution in [1.82, 2.24) is 4.98 Å². The molecule has 0 spiro atoms. The summed E-state index contributed by atoms with van der Waals surface area (Å²) in [5, 5.41) is 2.24. The standard InChI is InChI=1S/C41H41NO6S/c43-35(41-42-24-25-49-41)22-13-23-36-38(45-27-32-16-7-2-8-17-32)40(47-29-34-20-11-4-12-21-34)39(46-28-33-18-9-3-10-19-33)37(48-36)30-44-26-31-14-5-1-6-15-31/h1-22,24-25,36-40H,23,26-30H2/b22-13+/t36-,37+,38+,39+,40+/m0/s1. The fraction of sp³-hybridized carbons (Fsp3) is 0.268. The molecule has 5 atom stereocenters. The molecule has 0 amide bonds. The summed E-state index contributed by atoms with van der Waals surface area (Å²) in [4.78, 5) is 17.0. The van der Waals surface area contributed by atoms with Crippen molar-refractivity contribution in [2.24, 2.45) is 0 Å². The topological polar surface area (TPSA) is 76.1 Å². The summed E-state index contributed by atoms with van der Waals surface area (Å²) in [6, 6.07) is 40.3. The maximum Gasteiger partial charge on any atom is 0.214 e. The van der Waals surface area contributed by atoms with Crippen molar-refractivity contribution in [3.63, 3.8) is 0 Å². The lowest BCUT2D eigenvalue weighted by Crippen LogP contribution is -2.61. The predicted molar refractivity (Wildman–Crippen MR) is 190 cm³/mol. The molecule has 252 valence electrons. The number of hydrogen-bond acceptors (Lipinski definition) is 8. The number of ether oxygens (including phenoxy) is 5. The first kappa shape index (κ1) is 34.6. The summed E-state index contributed by atoms with van der Waals surface area (Å²) < 4.78 is 33.4. The Labute approximate surface area is 292 Å². The van der Waals surface area contributed by atoms with E-state index in [0.717, 1.165) is 22.3 Å². The molecule has 0 saturated carbocycles. The lowest BCUT2D eigenvalue weighted by molar-refractivity contribution is -0.271. The van der Waals surface area contributed by atoms with Gasteiger partial charge in [0.05, 0.1) is 39.1 Å². The van der Waals surface area contributed by atoms with Crippen molar-refractivity contribution in [2.75, 3.05) is 6.61 Å². The van der Waals surface area contributed by atoms with E-state index >= 15 is 0 Å². The number of rotatable bonds is 17. The average molecular weight is 676 g/mol. The number of aromatic nitrogens is 1. The summed E-state index contributed by atoms with van der Waals surface area (Å²) in [6.07, 6.45) is 2.98. The monoisotopic (exact) mass is 675 g/mol. The predicted octanol–water partition coefficient (Wildman–Crippen LogP) is 8.01. The van der Waals surface area contributed by atoms with Gasteiger partial charge in [0.25, 0.3) is 0 Å². The van der Waals surface area contributed by atoms with Crippen LogP contribution in [0.3, 0.4) is 0 Å². The number of carbonyl (C=O) groups is 1. The molecule has 0 unspecified atom stereocenters. The summed E-state index contributed by atoms with van der Waals surface area (Å²) in [6.45, 7) is 1.81. The molecule has 8 heteroatoms. The molecule has 1 saturated heterocycles. The Hall–Kier alpha value is -4.28. The van der Waals surface area contributed by atoms with Crippen molar-refractivity contribution >= 4 is 17.1 Å². The van der Waals surface area contributed by atoms with E-state index in [1.54, 1.807) is 17.7 Å². The minimum Gasteiger partial charge on any atom is -0.374 e. The van der Waals surface area contributed by atoms with E-state index in [0.29, 0.717) is 37.9 Å². The van der Waals surface area contributed by atoms with Gasteiger partial charge in [-0.05, 0) is 34.8 Å². The first-order valence-corrected chi connectivity index (χ1v) is 17.4. The smallest absolute Gasteiger partial charge is 0.214 e. The van der Waals surface area contributed by atoms with Crippen LogP contribution in [0.1, 0.15) is 38.5 Å². The Kier molecular flexibility index (Phi) is 13.0. The van der Waals surface area contributed by atoms with Gasteiger partial charge in [0, 0.05) is 11.6 Å². The van der Waals surface area contributed by atoms with E-state index in [9.17, 15) is 4.79 Å². The van der Waals surface area contributed by atoms with Gasteiger partial charge in [-0.1, -0.05) is 127 Å². The van der Waals surface area contributed by atoms with Crippen molar-refractivity contribution in [2.45, 2.75) is 63.4 Å². The zero-order chi connectivity index (χ0) is 33.5. The zero-order valence-corrected chi connectivity index (χ0v) is 28.1. The van der Waals surface area contributed by atoms with Gasteiger partial charge in [-0.15, -0.1) is 11.3 Å². The Balaban J connectivity index is 1.29. The number of ketones is 1. The van der Waals surface area contributed by atoms with Crippen LogP contribution in [0.15, 0.2) is 145 Å². The van der Waals surface area contributed by atoms with Crippen molar-refractivity contribution in [1.29, 1.82) is 0 Å². The summed E-state index contributed by atoms with van der Waals surface area (Å²) in [5.74, 6) is -0.142. The van der Waals surface area contributed by atoms with Crippen molar-refractivity contribution < 1.29 is 28.5 Å². The van der Waals surface area contributed by atoms with Crippen LogP contribution in [0.2, 0.25) is 0 Å². The molecule has 7 nitrogen and oxygen atoms in total. The summed E-state index contributed by atoms with van der Waals surface area (Å²) in [7, 11) is 0. The molecular formula is C41H41NO6S. The van der Waals surface area contributed by atoms with Gasteiger partial charge in [-0.25, -0.2) is 4.98 Å². The Morgan fingerprint density at radius 3 is 1.59 bits per heavy atom. The van der Waals surface area contributed by atoms with Gasteiger partial charge in [0.15, 0.2) is 5.01 Å². The number of thiazole rings is 1. The van der Waals surface area contributed by atoms with Crippen LogP contribution in [-0.2, 0) is 50.1 Å². The highest BCUT2D eigenvalue weighted by Gasteiger charge is 2.48. The highest BCUT2D eigenvalue weighted by atomic mass is 32.1. The fourth-order valence-electron chi connectivity index (χ4n) is 5.80. The van der Waals surface area contributed by atoms with E-state index in [4.69, 9.17) is 23.7 Å². The molecule has 6 rings (SSSR count). The molecule has 0 N–H and O–H groups in total. The highest BCUT2D eigenvalue weighted by molar-refractivity contribution is 7.11. The third-order valence-electron chi connectivity index (χ3n) is 8.26. The number of carbonyl (C=O) groups excluding carboxylic acids is 1. The van der Waals surface area contributed by atoms with Crippen LogP contribution in [0.25, 0.3) is 0 Å². The lowest BCUT2D eigenvalue weighted by atomic mass is 9.92. The van der Waals surface area contributed by atoms with Gasteiger partial charge in [0.2, 0.25) is 5.78 Å². The van der Waals surface area contributed by atoms with E-state index in [-0.39, 0.29) is 12.4 Å². The number of hydrogen-bond donors (Lipinski definition) is 0. The van der Waals surface area contributed by atoms with E-state index in [1.165, 1.54) is 11.3 Å². The maximum absolute atomic E-state index is 12.8. The molecule has 0 bridgehead atoms. The second-order valence-electron chi connectivity index (χ2n) is 11.8. The van der Waals surface area contributed by atoms with Crippen LogP contribution in [0.5, 0.6) is 0 Å². The molecule has 0 radical (unpaired) electrons. The highest BCUT2D eigenvalue weighted by Crippen LogP contribution is 2.32. The van der Waals surface area contributed by atoms with Gasteiger partial charge in [-0.3, -0.25) is 4.79 Å². The van der Waals surface area contributed by atoms with Crippen LogP contribution < -0.4 is 0 Å². The fourth-order valence-corrected chi connectivity index (χ4v) is 6.36. The SMILES string of the molecule is O=C(/C=C/C[C@@H]1O[C@H](COCc2ccccc2)[C@@H](OCc2ccccc2)[C@H](OCc2ccccc2)[C@@H]1OCc1ccccc1)c1nccs1. The van der Waals surface area contributed by atoms with Gasteiger partial charge in [-0.2, -0.15) is 0 Å². The third-order valence-corrected chi connectivity index (χ3v) is 9.05. The first-order valence-electron chi connectivity index (χ1n) is 16.6. The van der Waals surface area contributed by atoms with Gasteiger partial charge < -0.3 is 23.7 Å². The Bertz CT molecular complexity index is 1690. The second kappa shape index (κ2) is 18.5. The summed E-state index contributed by atoms with van der Waals surface area (Å²) >= 11 is 1.32. The lowest BCUT2D eigenvalue weighted by Gasteiger charge is -2.46. The molecule has 5 aromatic rings. The molecule has 1 aliphatic heterocycles. The number of benzene rings is 4. The van der Waals surface area contributed by atoms with Crippen molar-refractivity contribution in [3.05, 3.63) is 172 Å². The molecule has 1 fully saturated rings. The van der Waals surface area contributed by atoms with E-state index in [1.807, 2.05) is 127 Å². The zero-order valence-electron chi connectivity index (χ0n) is 27.3. The Morgan fingerprint density at radius 2 is 1.10 bits per heavy atom. The van der Waals surface area contributed by atoms with E-state index < -0.39 is 30.5 Å². The largest absolute Gasteiger partial charge is 0.374 e. The van der Waals surface area contributed by atoms with Crippen LogP contribution in [0.4, 0.5) is 0 Å². The molecule has 49 heavy (non-hydrogen) atoms. The van der Waals surface area contributed by atoms with Crippen LogP contribution in [0, 0.1) is 0 Å².